The summed E-state index contributed by atoms with van der Waals surface area (Å²) in [6, 6.07) is 0. The number of carboxylic acid groups (broad SMARTS) is 4. The second-order valence-corrected chi connectivity index (χ2v) is 2.47. The molecule has 2 N–H and O–H groups in total. The molecule has 0 amide bonds. The molecular formula is C10H18Cu4N2O8. The molecule has 0 heterocycles. The van der Waals surface area contributed by atoms with Crippen molar-refractivity contribution in [2.75, 3.05) is 13.1 Å². The zero-order chi connectivity index (χ0) is 17.7. The minimum atomic E-state index is -1.08. The number of carbonyl (C=O) groups is 4. The van der Waals surface area contributed by atoms with Crippen molar-refractivity contribution in [2.45, 2.75) is 27.7 Å². The van der Waals surface area contributed by atoms with Gasteiger partial charge >= 0.3 is 68.3 Å². The van der Waals surface area contributed by atoms with Gasteiger partial charge in [-0.2, -0.15) is 13.1 Å². The van der Waals surface area contributed by atoms with Gasteiger partial charge in [0.25, 0.3) is 0 Å². The zero-order valence-electron chi connectivity index (χ0n) is 12.9. The zero-order valence-corrected chi connectivity index (χ0v) is 16.7. The fraction of sp³-hybridized carbons (Fsp3) is 0.600. The molecule has 24 heavy (non-hydrogen) atoms. The molecule has 0 rings (SSSR count). The first-order chi connectivity index (χ1) is 8.84. The fourth-order valence-corrected chi connectivity index (χ4v) is 0. The van der Waals surface area contributed by atoms with Crippen LogP contribution in [0.4, 0.5) is 0 Å². The van der Waals surface area contributed by atoms with Crippen LogP contribution in [-0.4, -0.2) is 37.0 Å². The molecule has 0 saturated carbocycles. The van der Waals surface area contributed by atoms with Crippen LogP contribution in [0.3, 0.4) is 0 Å². The van der Waals surface area contributed by atoms with Crippen LogP contribution in [0, 0.1) is 0 Å². The Morgan fingerprint density at radius 3 is 0.625 bits per heavy atom. The summed E-state index contributed by atoms with van der Waals surface area (Å²) >= 11 is 0. The molecule has 0 aliphatic carbocycles. The molecule has 0 spiro atoms. The average molecular weight is 548 g/mol. The summed E-state index contributed by atoms with van der Waals surface area (Å²) in [7, 11) is 0. The van der Waals surface area contributed by atoms with Gasteiger partial charge in [0.1, 0.15) is 0 Å². The Labute approximate surface area is 183 Å². The van der Waals surface area contributed by atoms with Crippen LogP contribution in [0.15, 0.2) is 0 Å². The van der Waals surface area contributed by atoms with Gasteiger partial charge in [-0.3, -0.25) is 0 Å². The molecule has 14 heteroatoms. The van der Waals surface area contributed by atoms with E-state index in [9.17, 15) is 0 Å². The van der Waals surface area contributed by atoms with Gasteiger partial charge in [0, 0.05) is 23.9 Å². The van der Waals surface area contributed by atoms with E-state index in [-0.39, 0.29) is 81.4 Å². The van der Waals surface area contributed by atoms with Gasteiger partial charge in [0.05, 0.1) is 0 Å². The molecule has 0 atom stereocenters. The fourth-order valence-electron chi connectivity index (χ4n) is 0. The van der Waals surface area contributed by atoms with Crippen LogP contribution in [0.25, 0.3) is 11.5 Å². The molecule has 0 saturated heterocycles. The van der Waals surface area contributed by atoms with Crippen molar-refractivity contribution in [1.82, 2.24) is 0 Å². The third-order valence-corrected chi connectivity index (χ3v) is 0.125. The monoisotopic (exact) mass is 546 g/mol. The van der Waals surface area contributed by atoms with Crippen LogP contribution < -0.4 is 20.4 Å². The summed E-state index contributed by atoms with van der Waals surface area (Å²) in [5.74, 6) is -4.33. The maximum absolute atomic E-state index is 8.89. The van der Waals surface area contributed by atoms with Crippen molar-refractivity contribution >= 4 is 23.9 Å². The first-order valence-corrected chi connectivity index (χ1v) is 4.84. The normalized spacial score (nSPS) is 5.42. The maximum Gasteiger partial charge on any atom is 2.00 e. The topological polar surface area (TPSA) is 208 Å². The van der Waals surface area contributed by atoms with E-state index in [0.717, 1.165) is 27.7 Å². The summed E-state index contributed by atoms with van der Waals surface area (Å²) in [6.45, 7) is 4.36. The Balaban J connectivity index is -0.0000000161. The Morgan fingerprint density at radius 1 is 0.583 bits per heavy atom. The van der Waals surface area contributed by atoms with Gasteiger partial charge in [0.15, 0.2) is 0 Å². The third kappa shape index (κ3) is 12400. The van der Waals surface area contributed by atoms with Crippen molar-refractivity contribution in [2.24, 2.45) is 0 Å². The Hall–Kier alpha value is -0.122. The molecule has 0 fully saturated rings. The molecule has 0 aromatic heterocycles. The van der Waals surface area contributed by atoms with E-state index in [2.05, 4.69) is 0 Å². The van der Waals surface area contributed by atoms with E-state index in [4.69, 9.17) is 51.1 Å². The maximum atomic E-state index is 8.89. The van der Waals surface area contributed by atoms with E-state index >= 15 is 0 Å². The van der Waals surface area contributed by atoms with E-state index in [1.807, 2.05) is 0 Å². The first-order valence-electron chi connectivity index (χ1n) is 4.84. The summed E-state index contributed by atoms with van der Waals surface area (Å²) in [6.07, 6.45) is 0. The van der Waals surface area contributed by atoms with E-state index in [1.165, 1.54) is 0 Å². The van der Waals surface area contributed by atoms with Crippen molar-refractivity contribution in [3.05, 3.63) is 11.5 Å². The molecule has 10 nitrogen and oxygen atoms in total. The van der Waals surface area contributed by atoms with Crippen molar-refractivity contribution in [3.63, 3.8) is 0 Å². The number of carbonyl (C=O) groups excluding carboxylic acids is 4. The van der Waals surface area contributed by atoms with Gasteiger partial charge in [-0.15, -0.1) is 0 Å². The quantitative estimate of drug-likeness (QED) is 0.295. The predicted molar refractivity (Wildman–Crippen MR) is 61.1 cm³/mol. The van der Waals surface area contributed by atoms with Gasteiger partial charge in [-0.25, -0.2) is 0 Å². The smallest absolute Gasteiger partial charge is 0.679 e. The second kappa shape index (κ2) is 56.9. The van der Waals surface area contributed by atoms with Gasteiger partial charge in [-0.05, 0) is 27.7 Å². The first kappa shape index (κ1) is 56.5. The Bertz CT molecular complexity index is 205. The number of rotatable bonds is 1. The number of hydrogen-bond donors (Lipinski definition) is 0. The number of aliphatic carboxylic acids is 4. The van der Waals surface area contributed by atoms with Gasteiger partial charge < -0.3 is 51.1 Å². The minimum absolute atomic E-state index is 0. The number of nitrogens with one attached hydrogen (secondary N) is 2. The number of carboxylic acids is 4. The van der Waals surface area contributed by atoms with Crippen LogP contribution in [0.5, 0.6) is 0 Å². The van der Waals surface area contributed by atoms with Crippen LogP contribution in [0.1, 0.15) is 27.7 Å². The van der Waals surface area contributed by atoms with E-state index < -0.39 is 23.9 Å². The summed E-state index contributed by atoms with van der Waals surface area (Å²) in [5, 5.41) is 35.6. The molecular weight excluding hydrogens is 530 g/mol. The summed E-state index contributed by atoms with van der Waals surface area (Å²) in [4.78, 5) is 35.6. The Kier molecular flexibility index (Phi) is 134. The van der Waals surface area contributed by atoms with Crippen LogP contribution in [0.2, 0.25) is 0 Å². The standard InChI is InChI=1S/C2H6N2.4C2H4O2.4Cu/c3-1-2-4;4*1-2(3)4;;;;/h3-4H,1-2H2;4*1H3,(H,3,4);;;;/q-2;;;;;2*+1;2*+2/p-4. The van der Waals surface area contributed by atoms with Gasteiger partial charge in [0.2, 0.25) is 0 Å². The van der Waals surface area contributed by atoms with Crippen molar-refractivity contribution < 1.29 is 108 Å². The molecule has 0 bridgehead atoms. The SMILES string of the molecule is CC(=O)[O-].CC(=O)[O-].CC(=O)[O-].CC(=O)[O-].[Cu+2].[Cu+2].[Cu+].[Cu+].[NH-]CC[NH-]. The third-order valence-electron chi connectivity index (χ3n) is 0.125. The van der Waals surface area contributed by atoms with Crippen LogP contribution >= 0.6 is 0 Å². The van der Waals surface area contributed by atoms with Crippen molar-refractivity contribution in [3.8, 4) is 0 Å². The van der Waals surface area contributed by atoms with E-state index in [0.29, 0.717) is 0 Å². The van der Waals surface area contributed by atoms with Crippen LogP contribution in [-0.2, 0) is 87.5 Å². The molecule has 0 aromatic rings. The summed E-state index contributed by atoms with van der Waals surface area (Å²) in [5.41, 5.74) is 12.5. The van der Waals surface area contributed by atoms with Crippen molar-refractivity contribution in [1.29, 1.82) is 0 Å². The summed E-state index contributed by atoms with van der Waals surface area (Å²) < 4.78 is 0. The molecule has 0 aliphatic rings. The molecule has 0 unspecified atom stereocenters. The number of hydrogen-bond acceptors (Lipinski definition) is 8. The molecule has 2 radical (unpaired) electrons. The average Bonchev–Trinajstić information content (AvgIpc) is 2.13. The second-order valence-electron chi connectivity index (χ2n) is 2.47. The Morgan fingerprint density at radius 2 is 0.625 bits per heavy atom. The largest absolute Gasteiger partial charge is 2.00 e. The van der Waals surface area contributed by atoms with Gasteiger partial charge in [-0.1, -0.05) is 0 Å². The molecule has 160 valence electrons. The predicted octanol–water partition coefficient (Wildman–Crippen LogP) is -3.89. The minimum Gasteiger partial charge on any atom is -0.679 e. The molecule has 0 aliphatic heterocycles. The molecule has 0 aromatic carbocycles. The van der Waals surface area contributed by atoms with E-state index in [1.54, 1.807) is 0 Å².